The monoisotopic (exact) mass is 475 g/mol. The maximum Gasteiger partial charge on any atom is 0.257 e. The first-order valence-electron chi connectivity index (χ1n) is 11.8. The number of halogens is 2. The molecular weight excluding hydrogens is 452 g/mol. The quantitative estimate of drug-likeness (QED) is 0.575. The van der Waals surface area contributed by atoms with Gasteiger partial charge in [-0.3, -0.25) is 9.59 Å². The Morgan fingerprint density at radius 1 is 0.943 bits per heavy atom. The molecule has 2 N–H and O–H groups in total. The molecule has 7 nitrogen and oxygen atoms in total. The molecule has 0 bridgehead atoms. The van der Waals surface area contributed by atoms with E-state index in [0.29, 0.717) is 17.4 Å². The van der Waals surface area contributed by atoms with Gasteiger partial charge in [0.05, 0.1) is 23.7 Å². The third-order valence-corrected chi connectivity index (χ3v) is 7.14. The molecule has 3 aliphatic rings. The van der Waals surface area contributed by atoms with E-state index in [-0.39, 0.29) is 47.0 Å². The largest absolute Gasteiger partial charge is 0.346 e. The predicted molar refractivity (Wildman–Crippen MR) is 125 cm³/mol. The highest BCUT2D eigenvalue weighted by Crippen LogP contribution is 2.36. The Balaban J connectivity index is 1.29. The van der Waals surface area contributed by atoms with E-state index in [4.69, 9.17) is 0 Å². The first kappa shape index (κ1) is 21.6. The highest BCUT2D eigenvalue weighted by Gasteiger charge is 2.38. The van der Waals surface area contributed by atoms with Gasteiger partial charge in [0.1, 0.15) is 23.0 Å². The average Bonchev–Trinajstić information content (AvgIpc) is 3.36. The van der Waals surface area contributed by atoms with Crippen molar-refractivity contribution in [3.05, 3.63) is 70.9 Å². The van der Waals surface area contributed by atoms with Crippen LogP contribution in [0.15, 0.2) is 42.5 Å². The molecule has 35 heavy (non-hydrogen) atoms. The zero-order valence-electron chi connectivity index (χ0n) is 18.9. The molecule has 3 heterocycles. The number of carbonyl (C=O) groups excluding carboxylic acids is 2. The van der Waals surface area contributed by atoms with E-state index in [1.807, 2.05) is 29.2 Å². The molecule has 1 aliphatic carbocycles. The summed E-state index contributed by atoms with van der Waals surface area (Å²) >= 11 is 0. The first-order chi connectivity index (χ1) is 17.0. The van der Waals surface area contributed by atoms with Crippen LogP contribution < -0.4 is 10.6 Å². The summed E-state index contributed by atoms with van der Waals surface area (Å²) in [7, 11) is 0. The minimum atomic E-state index is -0.783. The molecule has 0 unspecified atom stereocenters. The number of likely N-dealkylation sites (tertiary alicyclic amines) is 1. The van der Waals surface area contributed by atoms with Crippen LogP contribution in [0.5, 0.6) is 0 Å². The van der Waals surface area contributed by atoms with E-state index in [2.05, 4.69) is 20.6 Å². The maximum absolute atomic E-state index is 14.4. The third kappa shape index (κ3) is 3.71. The van der Waals surface area contributed by atoms with Gasteiger partial charge in [0, 0.05) is 18.3 Å². The number of nitrogens with zero attached hydrogens (tertiary/aromatic N) is 3. The zero-order valence-corrected chi connectivity index (χ0v) is 18.9. The van der Waals surface area contributed by atoms with Gasteiger partial charge in [-0.05, 0) is 55.5 Å². The van der Waals surface area contributed by atoms with Crippen LogP contribution in [0, 0.1) is 11.6 Å². The number of fused-ring (bicyclic) bond motifs is 1. The van der Waals surface area contributed by atoms with Crippen molar-refractivity contribution in [1.82, 2.24) is 20.2 Å². The Hall–Kier alpha value is -3.88. The minimum absolute atomic E-state index is 0.136. The Morgan fingerprint density at radius 2 is 1.69 bits per heavy atom. The van der Waals surface area contributed by atoms with E-state index < -0.39 is 11.6 Å². The molecular formula is C26H23F2N5O2. The van der Waals surface area contributed by atoms with Crippen LogP contribution in [0.2, 0.25) is 0 Å². The summed E-state index contributed by atoms with van der Waals surface area (Å²) in [5, 5.41) is 5.79. The number of anilines is 2. The third-order valence-electron chi connectivity index (χ3n) is 7.14. The highest BCUT2D eigenvalue weighted by atomic mass is 19.1. The number of amides is 2. The molecule has 178 valence electrons. The molecule has 3 aromatic rings. The summed E-state index contributed by atoms with van der Waals surface area (Å²) in [4.78, 5) is 35.9. The fourth-order valence-corrected chi connectivity index (χ4v) is 5.05. The molecule has 6 rings (SSSR count). The molecule has 1 atom stereocenters. The number of nitrogens with one attached hydrogen (secondary N) is 2. The van der Waals surface area contributed by atoms with Gasteiger partial charge >= 0.3 is 0 Å². The second-order valence-corrected chi connectivity index (χ2v) is 9.20. The van der Waals surface area contributed by atoms with Gasteiger partial charge in [0.25, 0.3) is 5.91 Å². The number of benzene rings is 2. The lowest BCUT2D eigenvalue weighted by atomic mass is 9.91. The second-order valence-electron chi connectivity index (χ2n) is 9.20. The Kier molecular flexibility index (Phi) is 5.20. The molecule has 0 spiro atoms. The van der Waals surface area contributed by atoms with Crippen LogP contribution in [0.4, 0.5) is 20.3 Å². The standard InChI is InChI=1S/C26H23F2N5O2/c27-18-5-2-6-19(28)21(18)23-31-20-13-29-25(34)22(20)24(32-23)30-15-9-7-14(8-10-15)17-11-12-33(26(17)35)16-3-1-4-16/h2,5-10,16-17H,1,3-4,11-13H2,(H,29,34)(H,30,31,32)/t17-/m0/s1. The van der Waals surface area contributed by atoms with Gasteiger partial charge in [-0.15, -0.1) is 0 Å². The predicted octanol–water partition coefficient (Wildman–Crippen LogP) is 4.28. The summed E-state index contributed by atoms with van der Waals surface area (Å²) in [5.41, 5.74) is 1.85. The van der Waals surface area contributed by atoms with Crippen molar-refractivity contribution >= 4 is 23.3 Å². The van der Waals surface area contributed by atoms with Crippen molar-refractivity contribution in [2.75, 3.05) is 11.9 Å². The van der Waals surface area contributed by atoms with E-state index in [1.165, 1.54) is 12.5 Å². The SMILES string of the molecule is O=C1NCc2nc(-c3c(F)cccc3F)nc(Nc3ccc([C@@H]4CCN(C5CCC5)C4=O)cc3)c21. The fourth-order valence-electron chi connectivity index (χ4n) is 5.05. The smallest absolute Gasteiger partial charge is 0.257 e. The number of aromatic nitrogens is 2. The van der Waals surface area contributed by atoms with E-state index in [1.54, 1.807) is 0 Å². The summed E-state index contributed by atoms with van der Waals surface area (Å²) in [6.45, 7) is 0.945. The number of rotatable bonds is 5. The molecule has 0 radical (unpaired) electrons. The van der Waals surface area contributed by atoms with Crippen molar-refractivity contribution in [2.24, 2.45) is 0 Å². The van der Waals surface area contributed by atoms with Crippen molar-refractivity contribution in [3.8, 4) is 11.4 Å². The van der Waals surface area contributed by atoms with Gasteiger partial charge in [0.2, 0.25) is 5.91 Å². The Morgan fingerprint density at radius 3 is 2.37 bits per heavy atom. The van der Waals surface area contributed by atoms with Gasteiger partial charge < -0.3 is 15.5 Å². The average molecular weight is 475 g/mol. The van der Waals surface area contributed by atoms with Gasteiger partial charge in [-0.2, -0.15) is 0 Å². The molecule has 1 aromatic heterocycles. The molecule has 2 fully saturated rings. The Bertz CT molecular complexity index is 1320. The van der Waals surface area contributed by atoms with Gasteiger partial charge in [-0.25, -0.2) is 18.7 Å². The van der Waals surface area contributed by atoms with E-state index >= 15 is 0 Å². The van der Waals surface area contributed by atoms with Crippen LogP contribution in [0.3, 0.4) is 0 Å². The van der Waals surface area contributed by atoms with Gasteiger partial charge in [-0.1, -0.05) is 18.2 Å². The second kappa shape index (κ2) is 8.41. The fraction of sp³-hybridized carbons (Fsp3) is 0.308. The maximum atomic E-state index is 14.4. The van der Waals surface area contributed by atoms with Crippen LogP contribution in [-0.4, -0.2) is 39.3 Å². The Labute approximate surface area is 200 Å². The highest BCUT2D eigenvalue weighted by molar-refractivity contribution is 6.03. The summed E-state index contributed by atoms with van der Waals surface area (Å²) < 4.78 is 28.8. The summed E-state index contributed by atoms with van der Waals surface area (Å²) in [6, 6.07) is 11.4. The van der Waals surface area contributed by atoms with Crippen molar-refractivity contribution in [2.45, 2.75) is 44.2 Å². The van der Waals surface area contributed by atoms with Crippen LogP contribution in [-0.2, 0) is 11.3 Å². The van der Waals surface area contributed by atoms with E-state index in [0.717, 1.165) is 43.5 Å². The van der Waals surface area contributed by atoms with Crippen LogP contribution in [0.1, 0.15) is 53.2 Å². The lowest BCUT2D eigenvalue weighted by Crippen LogP contribution is -2.41. The van der Waals surface area contributed by atoms with Gasteiger partial charge in [0.15, 0.2) is 5.82 Å². The molecule has 9 heteroatoms. The zero-order chi connectivity index (χ0) is 24.1. The van der Waals surface area contributed by atoms with Crippen LogP contribution in [0.25, 0.3) is 11.4 Å². The van der Waals surface area contributed by atoms with Crippen LogP contribution >= 0.6 is 0 Å². The van der Waals surface area contributed by atoms with Crippen molar-refractivity contribution in [1.29, 1.82) is 0 Å². The molecule has 2 amide bonds. The number of hydrogen-bond acceptors (Lipinski definition) is 5. The number of hydrogen-bond donors (Lipinski definition) is 2. The van der Waals surface area contributed by atoms with Crippen molar-refractivity contribution < 1.29 is 18.4 Å². The molecule has 2 aliphatic heterocycles. The number of carbonyl (C=O) groups is 2. The molecule has 1 saturated carbocycles. The summed E-state index contributed by atoms with van der Waals surface area (Å²) in [6.07, 6.45) is 4.18. The lowest BCUT2D eigenvalue weighted by molar-refractivity contribution is -0.132. The van der Waals surface area contributed by atoms with Crippen molar-refractivity contribution in [3.63, 3.8) is 0 Å². The first-order valence-corrected chi connectivity index (χ1v) is 11.8. The topological polar surface area (TPSA) is 87.2 Å². The minimum Gasteiger partial charge on any atom is -0.346 e. The molecule has 2 aromatic carbocycles. The lowest BCUT2D eigenvalue weighted by Gasteiger charge is -2.34. The normalized spacial score (nSPS) is 19.5. The molecule has 1 saturated heterocycles. The summed E-state index contributed by atoms with van der Waals surface area (Å²) in [5.74, 6) is -1.84. The van der Waals surface area contributed by atoms with E-state index in [9.17, 15) is 18.4 Å².